The molecule has 1 fully saturated rings. The van der Waals surface area contributed by atoms with Gasteiger partial charge in [0.2, 0.25) is 0 Å². The third kappa shape index (κ3) is 2.37. The van der Waals surface area contributed by atoms with Crippen LogP contribution in [0.1, 0.15) is 22.2 Å². The predicted octanol–water partition coefficient (Wildman–Crippen LogP) is 0.810. The normalized spacial score (nSPS) is 19.1. The minimum Gasteiger partial charge on any atom is -0.369 e. The standard InChI is InChI=1S/C8H16N2O2.H2/c1-8(2,3)12-6-4-10(5-6)7(9)11;/h6H,4-5H2,1-3H3,(H2,9,11);1H. The number of nitrogens with two attached hydrogens (primary N) is 1. The molecule has 4 heteroatoms. The number of carbonyl (C=O) groups excluding carboxylic acids is 1. The number of carbonyl (C=O) groups is 1. The number of ether oxygens (including phenoxy) is 1. The summed E-state index contributed by atoms with van der Waals surface area (Å²) in [6.45, 7) is 7.26. The molecule has 4 nitrogen and oxygen atoms in total. The van der Waals surface area contributed by atoms with Crippen LogP contribution in [0.4, 0.5) is 4.79 Å². The van der Waals surface area contributed by atoms with Gasteiger partial charge in [-0.3, -0.25) is 0 Å². The van der Waals surface area contributed by atoms with Gasteiger partial charge in [0, 0.05) is 1.43 Å². The van der Waals surface area contributed by atoms with Gasteiger partial charge in [-0.15, -0.1) is 0 Å². The van der Waals surface area contributed by atoms with Crippen molar-refractivity contribution in [1.29, 1.82) is 0 Å². The van der Waals surface area contributed by atoms with Gasteiger partial charge >= 0.3 is 6.03 Å². The molecule has 0 radical (unpaired) electrons. The average molecular weight is 174 g/mol. The van der Waals surface area contributed by atoms with Gasteiger partial charge in [0.1, 0.15) is 0 Å². The number of hydrogen-bond acceptors (Lipinski definition) is 2. The van der Waals surface area contributed by atoms with E-state index in [1.165, 1.54) is 0 Å². The molecule has 0 atom stereocenters. The van der Waals surface area contributed by atoms with E-state index < -0.39 is 0 Å². The summed E-state index contributed by atoms with van der Waals surface area (Å²) in [6, 6.07) is -0.358. The molecule has 0 spiro atoms. The minimum absolute atomic E-state index is 0. The van der Waals surface area contributed by atoms with E-state index in [4.69, 9.17) is 10.5 Å². The number of nitrogens with zero attached hydrogens (tertiary/aromatic N) is 1. The van der Waals surface area contributed by atoms with E-state index in [0.29, 0.717) is 13.1 Å². The molecule has 0 aliphatic carbocycles. The second kappa shape index (κ2) is 2.94. The van der Waals surface area contributed by atoms with Gasteiger partial charge in [-0.05, 0) is 20.8 Å². The van der Waals surface area contributed by atoms with Crippen molar-refractivity contribution in [2.45, 2.75) is 32.5 Å². The number of hydrogen-bond donors (Lipinski definition) is 1. The number of rotatable bonds is 1. The molecule has 2 amide bonds. The Balaban J connectivity index is 0.00000144. The lowest BCUT2D eigenvalue weighted by atomic mass is 10.1. The zero-order valence-electron chi connectivity index (χ0n) is 7.83. The van der Waals surface area contributed by atoms with E-state index in [0.717, 1.165) is 0 Å². The van der Waals surface area contributed by atoms with Crippen LogP contribution in [0.3, 0.4) is 0 Å². The number of primary amides is 1. The topological polar surface area (TPSA) is 55.6 Å². The van der Waals surface area contributed by atoms with Crippen LogP contribution < -0.4 is 5.73 Å². The molecule has 0 aromatic carbocycles. The van der Waals surface area contributed by atoms with Crippen LogP contribution in [0, 0.1) is 0 Å². The smallest absolute Gasteiger partial charge is 0.314 e. The average Bonchev–Trinajstić information content (AvgIpc) is 1.74. The molecule has 0 aromatic heterocycles. The van der Waals surface area contributed by atoms with Gasteiger partial charge in [0.25, 0.3) is 0 Å². The highest BCUT2D eigenvalue weighted by Crippen LogP contribution is 2.18. The first kappa shape index (κ1) is 9.32. The highest BCUT2D eigenvalue weighted by atomic mass is 16.5. The highest BCUT2D eigenvalue weighted by molar-refractivity contribution is 5.73. The Labute approximate surface area is 74.1 Å². The third-order valence-corrected chi connectivity index (χ3v) is 1.68. The van der Waals surface area contributed by atoms with Crippen LogP contribution in [0.15, 0.2) is 0 Å². The Kier molecular flexibility index (Phi) is 2.28. The van der Waals surface area contributed by atoms with Crippen LogP contribution in [0.25, 0.3) is 0 Å². The summed E-state index contributed by atoms with van der Waals surface area (Å²) in [5.74, 6) is 0. The Morgan fingerprint density at radius 2 is 2.08 bits per heavy atom. The maximum Gasteiger partial charge on any atom is 0.314 e. The number of urea groups is 1. The maximum absolute atomic E-state index is 10.6. The fourth-order valence-electron chi connectivity index (χ4n) is 1.19. The van der Waals surface area contributed by atoms with Crippen LogP contribution in [-0.2, 0) is 4.74 Å². The van der Waals surface area contributed by atoms with Gasteiger partial charge in [-0.2, -0.15) is 0 Å². The van der Waals surface area contributed by atoms with Crippen molar-refractivity contribution >= 4 is 6.03 Å². The lowest BCUT2D eigenvalue weighted by Gasteiger charge is -2.41. The zero-order chi connectivity index (χ0) is 9.35. The summed E-state index contributed by atoms with van der Waals surface area (Å²) in [6.07, 6.45) is 0.164. The monoisotopic (exact) mass is 174 g/mol. The first-order valence-electron chi connectivity index (χ1n) is 4.11. The summed E-state index contributed by atoms with van der Waals surface area (Å²) < 4.78 is 5.60. The van der Waals surface area contributed by atoms with Crippen molar-refractivity contribution in [1.82, 2.24) is 4.90 Å². The summed E-state index contributed by atoms with van der Waals surface area (Å²) in [4.78, 5) is 12.2. The first-order valence-corrected chi connectivity index (χ1v) is 4.11. The summed E-state index contributed by atoms with van der Waals surface area (Å²) in [5, 5.41) is 0. The molecule has 1 heterocycles. The van der Waals surface area contributed by atoms with E-state index in [1.54, 1.807) is 4.90 Å². The number of likely N-dealkylation sites (tertiary alicyclic amines) is 1. The van der Waals surface area contributed by atoms with Crippen LogP contribution >= 0.6 is 0 Å². The van der Waals surface area contributed by atoms with Gasteiger partial charge in [0.15, 0.2) is 0 Å². The third-order valence-electron chi connectivity index (χ3n) is 1.68. The minimum atomic E-state index is -0.358. The van der Waals surface area contributed by atoms with E-state index in [9.17, 15) is 4.79 Å². The van der Waals surface area contributed by atoms with Crippen molar-refractivity contribution < 1.29 is 11.0 Å². The van der Waals surface area contributed by atoms with E-state index in [1.807, 2.05) is 20.8 Å². The molecule has 1 aliphatic rings. The second-order valence-electron chi connectivity index (χ2n) is 4.10. The molecule has 0 aromatic rings. The van der Waals surface area contributed by atoms with Crippen molar-refractivity contribution in [3.63, 3.8) is 0 Å². The van der Waals surface area contributed by atoms with Crippen LogP contribution in [0.2, 0.25) is 0 Å². The quantitative estimate of drug-likeness (QED) is 0.639. The highest BCUT2D eigenvalue weighted by Gasteiger charge is 2.32. The molecule has 2 N–H and O–H groups in total. The molecule has 0 unspecified atom stereocenters. The van der Waals surface area contributed by atoms with Gasteiger partial charge in [-0.1, -0.05) is 0 Å². The molecule has 0 saturated carbocycles. The number of amides is 2. The fraction of sp³-hybridized carbons (Fsp3) is 0.875. The molecular formula is C8H18N2O2. The van der Waals surface area contributed by atoms with Crippen molar-refractivity contribution in [3.05, 3.63) is 0 Å². The molecule has 12 heavy (non-hydrogen) atoms. The maximum atomic E-state index is 10.6. The van der Waals surface area contributed by atoms with E-state index in [2.05, 4.69) is 0 Å². The summed E-state index contributed by atoms with van der Waals surface area (Å²) in [5.41, 5.74) is 4.92. The predicted molar refractivity (Wildman–Crippen MR) is 47.9 cm³/mol. The Bertz CT molecular complexity index is 185. The zero-order valence-corrected chi connectivity index (χ0v) is 7.83. The van der Waals surface area contributed by atoms with E-state index >= 15 is 0 Å². The fourth-order valence-corrected chi connectivity index (χ4v) is 1.19. The second-order valence-corrected chi connectivity index (χ2v) is 4.10. The van der Waals surface area contributed by atoms with Gasteiger partial charge in [0.05, 0.1) is 24.8 Å². The molecule has 1 aliphatic heterocycles. The Morgan fingerprint density at radius 1 is 1.58 bits per heavy atom. The Hall–Kier alpha value is -0.770. The Morgan fingerprint density at radius 3 is 2.42 bits per heavy atom. The molecule has 1 saturated heterocycles. The SMILES string of the molecule is CC(C)(C)OC1CN(C(N)=O)C1.[HH]. The first-order chi connectivity index (χ1) is 5.38. The van der Waals surface area contributed by atoms with E-state index in [-0.39, 0.29) is 19.2 Å². The molecule has 0 bridgehead atoms. The molecule has 1 rings (SSSR count). The molecular weight excluding hydrogens is 156 g/mol. The van der Waals surface area contributed by atoms with Crippen molar-refractivity contribution in [2.24, 2.45) is 5.73 Å². The largest absolute Gasteiger partial charge is 0.369 e. The summed E-state index contributed by atoms with van der Waals surface area (Å²) in [7, 11) is 0. The van der Waals surface area contributed by atoms with Crippen LogP contribution in [0.5, 0.6) is 0 Å². The van der Waals surface area contributed by atoms with Crippen molar-refractivity contribution in [2.75, 3.05) is 13.1 Å². The van der Waals surface area contributed by atoms with Gasteiger partial charge in [-0.25, -0.2) is 4.79 Å². The lowest BCUT2D eigenvalue weighted by Crippen LogP contribution is -2.58. The van der Waals surface area contributed by atoms with Crippen LogP contribution in [-0.4, -0.2) is 35.7 Å². The van der Waals surface area contributed by atoms with Gasteiger partial charge < -0.3 is 15.4 Å². The molecule has 72 valence electrons. The summed E-state index contributed by atoms with van der Waals surface area (Å²) >= 11 is 0. The van der Waals surface area contributed by atoms with Crippen molar-refractivity contribution in [3.8, 4) is 0 Å². The lowest BCUT2D eigenvalue weighted by molar-refractivity contribution is -0.110.